The molecule has 1 aliphatic carbocycles. The number of hydrogen-bond acceptors (Lipinski definition) is 2. The molecule has 0 fully saturated rings. The largest absolute Gasteiger partial charge is 0.333 e. The zero-order valence-electron chi connectivity index (χ0n) is 22.4. The first-order valence-corrected chi connectivity index (χ1v) is 14.6. The van der Waals surface area contributed by atoms with Gasteiger partial charge in [-0.3, -0.25) is 9.69 Å². The molecule has 2 unspecified atom stereocenters. The van der Waals surface area contributed by atoms with Crippen molar-refractivity contribution < 1.29 is 9.18 Å². The quantitative estimate of drug-likeness (QED) is 0.237. The van der Waals surface area contributed by atoms with Gasteiger partial charge in [-0.15, -0.1) is 0 Å². The molecular weight excluding hydrogens is 542 g/mol. The highest BCUT2D eigenvalue weighted by atomic mass is 35.5. The predicted molar refractivity (Wildman–Crippen MR) is 159 cm³/mol. The Morgan fingerprint density at radius 1 is 0.875 bits per heavy atom. The number of carbonyl (C=O) groups excluding carboxylic acids is 1. The highest BCUT2D eigenvalue weighted by Gasteiger charge is 2.40. The van der Waals surface area contributed by atoms with Crippen molar-refractivity contribution in [2.75, 3.05) is 6.54 Å². The van der Waals surface area contributed by atoms with Crippen molar-refractivity contribution in [1.29, 1.82) is 0 Å². The third-order valence-electron chi connectivity index (χ3n) is 8.50. The van der Waals surface area contributed by atoms with Crippen LogP contribution >= 0.6 is 23.2 Å². The van der Waals surface area contributed by atoms with E-state index in [1.54, 1.807) is 12.1 Å². The van der Waals surface area contributed by atoms with Crippen molar-refractivity contribution in [2.24, 2.45) is 0 Å². The SMILES string of the molecule is CC(C(=O)N(Cc1ccccc1F)C1Cc2ccccc2C1)N1CCc2ccccc2C1c1c(Cl)cccc1Cl. The van der Waals surface area contributed by atoms with Gasteiger partial charge in [-0.05, 0) is 66.6 Å². The number of hydrogen-bond donors (Lipinski definition) is 0. The maximum atomic E-state index is 14.9. The van der Waals surface area contributed by atoms with Crippen molar-refractivity contribution in [2.45, 2.75) is 50.9 Å². The van der Waals surface area contributed by atoms with Crippen LogP contribution in [-0.4, -0.2) is 34.3 Å². The van der Waals surface area contributed by atoms with Crippen LogP contribution in [0.3, 0.4) is 0 Å². The summed E-state index contributed by atoms with van der Waals surface area (Å²) in [4.78, 5) is 18.7. The normalized spacial score (nSPS) is 17.8. The maximum Gasteiger partial charge on any atom is 0.240 e. The van der Waals surface area contributed by atoms with Gasteiger partial charge in [-0.2, -0.15) is 0 Å². The fourth-order valence-electron chi connectivity index (χ4n) is 6.43. The lowest BCUT2D eigenvalue weighted by Gasteiger charge is -2.43. The van der Waals surface area contributed by atoms with E-state index < -0.39 is 6.04 Å². The summed E-state index contributed by atoms with van der Waals surface area (Å²) in [7, 11) is 0. The van der Waals surface area contributed by atoms with Crippen molar-refractivity contribution in [1.82, 2.24) is 9.80 Å². The molecule has 0 spiro atoms. The summed E-state index contributed by atoms with van der Waals surface area (Å²) in [6.07, 6.45) is 2.33. The first kappa shape index (κ1) is 27.0. The van der Waals surface area contributed by atoms with Crippen molar-refractivity contribution in [3.8, 4) is 0 Å². The molecule has 40 heavy (non-hydrogen) atoms. The average molecular weight is 574 g/mol. The molecule has 0 aromatic heterocycles. The Labute approximate surface area is 245 Å². The van der Waals surface area contributed by atoms with Crippen LogP contribution in [0.4, 0.5) is 4.39 Å². The molecule has 2 aliphatic rings. The maximum absolute atomic E-state index is 14.9. The summed E-state index contributed by atoms with van der Waals surface area (Å²) >= 11 is 13.5. The van der Waals surface area contributed by atoms with E-state index in [2.05, 4.69) is 29.2 Å². The van der Waals surface area contributed by atoms with Gasteiger partial charge in [0.2, 0.25) is 5.91 Å². The van der Waals surface area contributed by atoms with E-state index in [-0.39, 0.29) is 30.4 Å². The van der Waals surface area contributed by atoms with Crippen LogP contribution in [0.15, 0.2) is 91.0 Å². The molecule has 6 rings (SSSR count). The standard InChI is InChI=1S/C34H31Cl2FN2O/c1-22(38-18-17-23-9-4-6-13-28(23)33(38)32-29(35)14-8-15-30(32)36)34(40)39(21-26-12-5-7-16-31(26)37)27-19-24-10-2-3-11-25(24)20-27/h2-16,22,27,33H,17-21H2,1H3. The molecule has 2 atom stereocenters. The Bertz CT molecular complexity index is 1510. The molecule has 6 heteroatoms. The Morgan fingerprint density at radius 2 is 1.48 bits per heavy atom. The number of rotatable bonds is 6. The van der Waals surface area contributed by atoms with E-state index >= 15 is 0 Å². The second-order valence-corrected chi connectivity index (χ2v) is 11.6. The van der Waals surface area contributed by atoms with Crippen LogP contribution in [0.1, 0.15) is 46.3 Å². The molecule has 0 bridgehead atoms. The lowest BCUT2D eigenvalue weighted by atomic mass is 9.87. The molecule has 1 amide bonds. The van der Waals surface area contributed by atoms with Gasteiger partial charge in [0.1, 0.15) is 5.82 Å². The number of nitrogens with zero attached hydrogens (tertiary/aromatic N) is 2. The molecule has 204 valence electrons. The summed E-state index contributed by atoms with van der Waals surface area (Å²) in [5.41, 5.74) is 6.17. The van der Waals surface area contributed by atoms with Crippen molar-refractivity contribution >= 4 is 29.1 Å². The zero-order chi connectivity index (χ0) is 27.8. The summed E-state index contributed by atoms with van der Waals surface area (Å²) in [6.45, 7) is 2.86. The van der Waals surface area contributed by atoms with Crippen molar-refractivity contribution in [3.63, 3.8) is 0 Å². The Kier molecular flexibility index (Phi) is 7.67. The number of amides is 1. The number of halogens is 3. The molecule has 0 radical (unpaired) electrons. The van der Waals surface area contributed by atoms with Crippen LogP contribution in [0, 0.1) is 5.82 Å². The van der Waals surface area contributed by atoms with E-state index in [9.17, 15) is 9.18 Å². The van der Waals surface area contributed by atoms with Gasteiger partial charge >= 0.3 is 0 Å². The molecule has 0 saturated carbocycles. The highest BCUT2D eigenvalue weighted by molar-refractivity contribution is 6.36. The minimum atomic E-state index is -0.485. The molecular formula is C34H31Cl2FN2O. The minimum Gasteiger partial charge on any atom is -0.333 e. The van der Waals surface area contributed by atoms with E-state index in [1.165, 1.54) is 22.8 Å². The lowest BCUT2D eigenvalue weighted by Crippen LogP contribution is -2.53. The van der Waals surface area contributed by atoms with Crippen LogP contribution in [0.25, 0.3) is 0 Å². The minimum absolute atomic E-state index is 0.0198. The molecule has 1 aliphatic heterocycles. The van der Waals surface area contributed by atoms with E-state index in [0.717, 1.165) is 30.4 Å². The third-order valence-corrected chi connectivity index (χ3v) is 9.16. The van der Waals surface area contributed by atoms with Gasteiger partial charge in [-0.1, -0.05) is 96.0 Å². The first-order chi connectivity index (χ1) is 19.4. The molecule has 4 aromatic carbocycles. The summed E-state index contributed by atoms with van der Waals surface area (Å²) in [5.74, 6) is -0.315. The Balaban J connectivity index is 1.38. The van der Waals surface area contributed by atoms with Gasteiger partial charge in [0.25, 0.3) is 0 Å². The van der Waals surface area contributed by atoms with Gasteiger partial charge < -0.3 is 4.90 Å². The lowest BCUT2D eigenvalue weighted by molar-refractivity contribution is -0.140. The van der Waals surface area contributed by atoms with Crippen LogP contribution in [-0.2, 0) is 30.6 Å². The number of carbonyl (C=O) groups is 1. The number of benzene rings is 4. The average Bonchev–Trinajstić information content (AvgIpc) is 3.40. The van der Waals surface area contributed by atoms with Crippen LogP contribution < -0.4 is 0 Å². The van der Waals surface area contributed by atoms with E-state index in [1.807, 2.05) is 60.4 Å². The zero-order valence-corrected chi connectivity index (χ0v) is 23.9. The van der Waals surface area contributed by atoms with E-state index in [0.29, 0.717) is 22.2 Å². The Hall–Kier alpha value is -3.18. The van der Waals surface area contributed by atoms with Gasteiger partial charge in [0.15, 0.2) is 0 Å². The summed E-state index contributed by atoms with van der Waals surface area (Å²) in [5, 5.41) is 1.15. The fraction of sp³-hybridized carbons (Fsp3) is 0.265. The van der Waals surface area contributed by atoms with Gasteiger partial charge in [0, 0.05) is 40.3 Å². The molecule has 0 N–H and O–H groups in total. The first-order valence-electron chi connectivity index (χ1n) is 13.8. The molecule has 1 heterocycles. The molecule has 0 saturated heterocycles. The highest BCUT2D eigenvalue weighted by Crippen LogP contribution is 2.43. The third kappa shape index (κ3) is 5.05. The second-order valence-electron chi connectivity index (χ2n) is 10.8. The topological polar surface area (TPSA) is 23.6 Å². The fourth-order valence-corrected chi connectivity index (χ4v) is 7.04. The van der Waals surface area contributed by atoms with Crippen LogP contribution in [0.5, 0.6) is 0 Å². The van der Waals surface area contributed by atoms with E-state index in [4.69, 9.17) is 23.2 Å². The van der Waals surface area contributed by atoms with Gasteiger partial charge in [0.05, 0.1) is 12.1 Å². The predicted octanol–water partition coefficient (Wildman–Crippen LogP) is 7.66. The Morgan fingerprint density at radius 3 is 2.15 bits per heavy atom. The molecule has 4 aromatic rings. The summed E-state index contributed by atoms with van der Waals surface area (Å²) in [6, 6.07) is 28.1. The summed E-state index contributed by atoms with van der Waals surface area (Å²) < 4.78 is 14.9. The smallest absolute Gasteiger partial charge is 0.240 e. The van der Waals surface area contributed by atoms with Crippen molar-refractivity contribution in [3.05, 3.63) is 140 Å². The second kappa shape index (κ2) is 11.4. The monoisotopic (exact) mass is 572 g/mol. The molecule has 3 nitrogen and oxygen atoms in total. The number of fused-ring (bicyclic) bond motifs is 2. The van der Waals surface area contributed by atoms with Crippen LogP contribution in [0.2, 0.25) is 10.0 Å². The van der Waals surface area contributed by atoms with Gasteiger partial charge in [-0.25, -0.2) is 4.39 Å².